The van der Waals surface area contributed by atoms with Crippen molar-refractivity contribution < 1.29 is 9.88 Å². The molecule has 30 heavy (non-hydrogen) atoms. The van der Waals surface area contributed by atoms with E-state index in [9.17, 15) is 0 Å². The van der Waals surface area contributed by atoms with Crippen molar-refractivity contribution in [2.75, 3.05) is 31.1 Å². The molecule has 7 heteroatoms. The summed E-state index contributed by atoms with van der Waals surface area (Å²) in [5.41, 5.74) is 2.58. The van der Waals surface area contributed by atoms with Crippen LogP contribution in [0.4, 0.5) is 5.82 Å². The number of anilines is 1. The number of H-pyrrole nitrogens is 1. The molecule has 1 aliphatic heterocycles. The number of nitrogens with zero attached hydrogens (tertiary/aromatic N) is 4. The molecule has 158 valence electrons. The summed E-state index contributed by atoms with van der Waals surface area (Å²) in [5, 5.41) is 4.88. The Balaban J connectivity index is 1.46. The Hall–Kier alpha value is -2.51. The fraction of sp³-hybridized carbons (Fsp3) is 0.435. The number of quaternary nitrogens is 1. The highest BCUT2D eigenvalue weighted by Gasteiger charge is 2.26. The molecule has 1 aromatic carbocycles. The maximum atomic E-state index is 5.70. The molecule has 0 atom stereocenters. The van der Waals surface area contributed by atoms with Crippen molar-refractivity contribution in [1.82, 2.24) is 14.3 Å². The van der Waals surface area contributed by atoms with E-state index in [0.717, 1.165) is 49.0 Å². The van der Waals surface area contributed by atoms with Crippen LogP contribution in [0.5, 0.6) is 0 Å². The average molecular weight is 425 g/mol. The third-order valence-electron chi connectivity index (χ3n) is 5.93. The van der Waals surface area contributed by atoms with Crippen molar-refractivity contribution in [3.63, 3.8) is 0 Å². The predicted molar refractivity (Wildman–Crippen MR) is 122 cm³/mol. The fourth-order valence-electron chi connectivity index (χ4n) is 3.98. The van der Waals surface area contributed by atoms with Gasteiger partial charge in [0.05, 0.1) is 6.20 Å². The van der Waals surface area contributed by atoms with Gasteiger partial charge in [-0.15, -0.1) is 5.10 Å². The van der Waals surface area contributed by atoms with E-state index in [0.29, 0.717) is 0 Å². The van der Waals surface area contributed by atoms with Crippen LogP contribution in [-0.4, -0.2) is 40.5 Å². The van der Waals surface area contributed by atoms with E-state index in [1.807, 2.05) is 28.6 Å². The van der Waals surface area contributed by atoms with Crippen molar-refractivity contribution in [2.24, 2.45) is 7.05 Å². The Morgan fingerprint density at radius 2 is 1.77 bits per heavy atom. The van der Waals surface area contributed by atoms with Gasteiger partial charge < -0.3 is 9.47 Å². The Morgan fingerprint density at radius 1 is 1.07 bits per heavy atom. The maximum Gasteiger partial charge on any atom is 0.274 e. The van der Waals surface area contributed by atoms with E-state index in [2.05, 4.69) is 67.1 Å². The summed E-state index contributed by atoms with van der Waals surface area (Å²) >= 11 is 5.70. The molecule has 0 unspecified atom stereocenters. The number of piperazine rings is 1. The summed E-state index contributed by atoms with van der Waals surface area (Å²) < 4.78 is 4.79. The third kappa shape index (κ3) is 4.32. The zero-order valence-electron chi connectivity index (χ0n) is 18.4. The summed E-state index contributed by atoms with van der Waals surface area (Å²) in [6.45, 7) is 11.7. The van der Waals surface area contributed by atoms with Crippen molar-refractivity contribution >= 4 is 18.0 Å². The number of nitrogens with one attached hydrogen (secondary N) is 2. The molecule has 3 aromatic rings. The largest absolute Gasteiger partial charge is 0.310 e. The van der Waals surface area contributed by atoms with Crippen molar-refractivity contribution in [3.8, 4) is 11.4 Å². The normalized spacial score (nSPS) is 15.5. The molecule has 1 aliphatic rings. The molecule has 1 saturated heterocycles. The third-order valence-corrected chi connectivity index (χ3v) is 6.41. The van der Waals surface area contributed by atoms with Gasteiger partial charge in [-0.3, -0.25) is 4.90 Å². The molecule has 0 radical (unpaired) electrons. The van der Waals surface area contributed by atoms with E-state index in [-0.39, 0.29) is 5.41 Å². The molecule has 6 nitrogen and oxygen atoms in total. The molecule has 0 aliphatic carbocycles. The lowest BCUT2D eigenvalue weighted by Crippen LogP contribution is -3.14. The smallest absolute Gasteiger partial charge is 0.274 e. The molecule has 0 bridgehead atoms. The summed E-state index contributed by atoms with van der Waals surface area (Å²) in [6, 6.07) is 14.9. The van der Waals surface area contributed by atoms with Gasteiger partial charge in [-0.25, -0.2) is 4.98 Å². The first-order valence-electron chi connectivity index (χ1n) is 10.6. The highest BCUT2D eigenvalue weighted by Crippen LogP contribution is 2.25. The molecule has 0 amide bonds. The Kier molecular flexibility index (Phi) is 5.75. The summed E-state index contributed by atoms with van der Waals surface area (Å²) in [6.07, 6.45) is 1.98. The summed E-state index contributed by atoms with van der Waals surface area (Å²) in [5.74, 6) is 2.12. The monoisotopic (exact) mass is 424 g/mol. The summed E-state index contributed by atoms with van der Waals surface area (Å²) in [7, 11) is 2.01. The van der Waals surface area contributed by atoms with E-state index >= 15 is 0 Å². The maximum absolute atomic E-state index is 5.70. The van der Waals surface area contributed by atoms with E-state index in [4.69, 9.17) is 17.3 Å². The number of benzene rings is 1. The van der Waals surface area contributed by atoms with Gasteiger partial charge in [0.1, 0.15) is 26.2 Å². The van der Waals surface area contributed by atoms with E-state index < -0.39 is 0 Å². The minimum Gasteiger partial charge on any atom is -0.310 e. The predicted octanol–water partition coefficient (Wildman–Crippen LogP) is 2.09. The second kappa shape index (κ2) is 8.32. The van der Waals surface area contributed by atoms with Gasteiger partial charge in [-0.2, -0.15) is 4.68 Å². The molecule has 1 fully saturated rings. The molecular formula is C23H32N6S+2. The molecule has 2 N–H and O–H groups in total. The zero-order valence-corrected chi connectivity index (χ0v) is 19.2. The Morgan fingerprint density at radius 3 is 2.37 bits per heavy atom. The van der Waals surface area contributed by atoms with E-state index in [1.165, 1.54) is 16.3 Å². The highest BCUT2D eigenvalue weighted by molar-refractivity contribution is 7.71. The zero-order chi connectivity index (χ0) is 21.3. The SMILES string of the molecule is Cn1c(-c2ccc(C(C)(C)C)cc2)nn(C[NH+]2CCN(c3cccc[nH+]3)CC2)c1=S. The first-order chi connectivity index (χ1) is 14.3. The van der Waals surface area contributed by atoms with Crippen LogP contribution in [0.2, 0.25) is 0 Å². The number of hydrogen-bond donors (Lipinski definition) is 1. The van der Waals surface area contributed by atoms with Crippen LogP contribution in [0, 0.1) is 4.77 Å². The van der Waals surface area contributed by atoms with Crippen LogP contribution in [-0.2, 0) is 19.1 Å². The number of aromatic amines is 1. The topological polar surface area (TPSA) is 44.6 Å². The molecule has 2 aromatic heterocycles. The van der Waals surface area contributed by atoms with Gasteiger partial charge in [0.2, 0.25) is 4.77 Å². The number of aromatic nitrogens is 4. The first-order valence-corrected chi connectivity index (χ1v) is 11.0. The number of hydrogen-bond acceptors (Lipinski definition) is 3. The molecule has 4 rings (SSSR count). The van der Waals surface area contributed by atoms with Crippen molar-refractivity contribution in [2.45, 2.75) is 32.9 Å². The van der Waals surface area contributed by atoms with Crippen LogP contribution in [0.1, 0.15) is 26.3 Å². The van der Waals surface area contributed by atoms with E-state index in [1.54, 1.807) is 0 Å². The lowest BCUT2D eigenvalue weighted by molar-refractivity contribution is -0.924. The molecular weight excluding hydrogens is 392 g/mol. The van der Waals surface area contributed by atoms with Gasteiger partial charge in [-0.1, -0.05) is 51.1 Å². The summed E-state index contributed by atoms with van der Waals surface area (Å²) in [4.78, 5) is 7.24. The minimum atomic E-state index is 0.145. The lowest BCUT2D eigenvalue weighted by atomic mass is 9.87. The van der Waals surface area contributed by atoms with Gasteiger partial charge >= 0.3 is 0 Å². The molecule has 0 spiro atoms. The van der Waals surface area contributed by atoms with Gasteiger partial charge in [0, 0.05) is 18.7 Å². The fourth-order valence-corrected chi connectivity index (χ4v) is 4.17. The van der Waals surface area contributed by atoms with Crippen LogP contribution >= 0.6 is 12.2 Å². The molecule has 0 saturated carbocycles. The molecule has 3 heterocycles. The van der Waals surface area contributed by atoms with Crippen LogP contribution < -0.4 is 14.8 Å². The van der Waals surface area contributed by atoms with Gasteiger partial charge in [0.15, 0.2) is 12.5 Å². The second-order valence-corrected chi connectivity index (χ2v) is 9.50. The number of pyridine rings is 1. The van der Waals surface area contributed by atoms with Gasteiger partial charge in [-0.05, 0) is 29.3 Å². The average Bonchev–Trinajstić information content (AvgIpc) is 3.03. The van der Waals surface area contributed by atoms with Crippen molar-refractivity contribution in [1.29, 1.82) is 0 Å². The standard InChI is InChI=1S/C23H30N6S/c1-23(2,3)19-10-8-18(9-11-19)21-25-29(22(30)26(21)4)17-27-13-15-28(16-14-27)20-7-5-6-12-24-20/h5-12H,13-17H2,1-4H3/p+2. The van der Waals surface area contributed by atoms with Crippen LogP contribution in [0.15, 0.2) is 48.7 Å². The Labute approximate surface area is 183 Å². The van der Waals surface area contributed by atoms with Crippen LogP contribution in [0.3, 0.4) is 0 Å². The number of rotatable bonds is 4. The van der Waals surface area contributed by atoms with Gasteiger partial charge in [0.25, 0.3) is 5.82 Å². The lowest BCUT2D eigenvalue weighted by Gasteiger charge is -2.27. The second-order valence-electron chi connectivity index (χ2n) is 9.14. The highest BCUT2D eigenvalue weighted by atomic mass is 32.1. The van der Waals surface area contributed by atoms with Crippen LogP contribution in [0.25, 0.3) is 11.4 Å². The quantitative estimate of drug-likeness (QED) is 0.653. The minimum absolute atomic E-state index is 0.145. The first kappa shape index (κ1) is 20.8. The Bertz CT molecular complexity index is 1040. The van der Waals surface area contributed by atoms with Crippen molar-refractivity contribution in [3.05, 3.63) is 59.0 Å².